The van der Waals surface area contributed by atoms with Crippen molar-refractivity contribution in [1.29, 1.82) is 5.26 Å². The van der Waals surface area contributed by atoms with Crippen molar-refractivity contribution in [2.45, 2.75) is 153 Å². The van der Waals surface area contributed by atoms with Gasteiger partial charge in [0.25, 0.3) is 0 Å². The van der Waals surface area contributed by atoms with Gasteiger partial charge < -0.3 is 37.9 Å². The van der Waals surface area contributed by atoms with E-state index >= 15 is 17.6 Å². The molecule has 48 heteroatoms. The maximum Gasteiger partial charge on any atom is 0.416 e. The van der Waals surface area contributed by atoms with Gasteiger partial charge in [0.2, 0.25) is 0 Å². The van der Waals surface area contributed by atoms with E-state index in [0.717, 1.165) is 85.3 Å². The van der Waals surface area contributed by atoms with Crippen LogP contribution in [0, 0.1) is 81.5 Å². The molecule has 0 amide bonds. The maximum absolute atomic E-state index is 15.3. The van der Waals surface area contributed by atoms with Gasteiger partial charge in [-0.15, -0.1) is 0 Å². The van der Waals surface area contributed by atoms with Gasteiger partial charge in [0, 0.05) is 79.1 Å². The first kappa shape index (κ1) is 107. The van der Waals surface area contributed by atoms with Crippen LogP contribution in [-0.2, 0) is 129 Å². The molecule has 0 unspecified atom stereocenters. The van der Waals surface area contributed by atoms with E-state index in [9.17, 15) is 111 Å². The highest BCUT2D eigenvalue weighted by molar-refractivity contribution is 7.94. The van der Waals surface area contributed by atoms with Crippen molar-refractivity contribution in [3.8, 4) is 29.1 Å². The lowest BCUT2D eigenvalue weighted by molar-refractivity contribution is -0.138. The van der Waals surface area contributed by atoms with E-state index in [1.165, 1.54) is 48.5 Å². The fourth-order valence-corrected chi connectivity index (χ4v) is 33.6. The Morgan fingerprint density at radius 1 is 0.331 bits per heavy atom. The molecule has 0 radical (unpaired) electrons. The van der Waals surface area contributed by atoms with E-state index in [-0.39, 0.29) is 146 Å². The van der Waals surface area contributed by atoms with Crippen molar-refractivity contribution in [3.05, 3.63) is 236 Å². The molecule has 0 bridgehead atoms. The molecular weight excluding hydrogens is 2050 g/mol. The number of fused-ring (bicyclic) bond motifs is 12. The SMILES string of the molecule is CCCS(=O)(=O)CC[C@@H]1OCC[C@@]2(S(=O)(=O)c3ccc(C(F)(F)F)cc3)c3c(F)ccc(F)c3OC[C@@H]12.CCCS(=O)(=O)CC[C@@H]1OCC[C@@]2(S(=O)(=O)c3ccc(Cl)cc3)c3c(F)ccc(F)c3OC[C@@H]12.CS(=O)(=O)CC[C@@H]1OCC[C@@]2(S(=O)(=O)c3ccc(C#N)cc3)c3c(F)ccc(F)c3OC[C@@H]12.CS(=O)(=O)CC[C@@H]1OCC[C@@]2(S(=O)(=O)c3ccc(C(F)(F)F)cc3)c3c(F)ccc(F)c3OC[C@@H]12. The lowest BCUT2D eigenvalue weighted by Gasteiger charge is -2.50. The molecule has 4 fully saturated rings. The first-order valence-electron chi connectivity index (χ1n) is 43.2. The van der Waals surface area contributed by atoms with Crippen molar-refractivity contribution < 1.29 is 167 Å². The van der Waals surface area contributed by atoms with Gasteiger partial charge >= 0.3 is 12.4 Å². The minimum atomic E-state index is -4.71. The van der Waals surface area contributed by atoms with Gasteiger partial charge in [-0.1, -0.05) is 25.4 Å². The average molecular weight is 2140 g/mol. The highest BCUT2D eigenvalue weighted by Crippen LogP contribution is 2.62. The summed E-state index contributed by atoms with van der Waals surface area (Å²) < 4.78 is 444. The Kier molecular flexibility index (Phi) is 31.5. The van der Waals surface area contributed by atoms with Crippen LogP contribution >= 0.6 is 11.6 Å². The Hall–Kier alpha value is -8.80. The standard InChI is InChI=1S/C24H25F5O6S2.C23H25ClF2O6S2.C22H21F5O6S2.C22H21F2NO6S2/c1-2-12-36(30,31)13-9-20-17-14-35-22-19(26)8-7-18(25)21(22)23(17,10-11-34-20)37(32,33)16-5-3-15(4-6-16)24(27,28)29;1-2-12-33(27,28)13-9-20-17-14-32-22-19(26)8-7-18(25)21(22)23(17,10-11-31-20)34(29,30)16-5-3-15(24)4-6-16;1-34(28,29)11-8-18-15-12-33-20-17(24)7-6-16(23)19(20)21(15,9-10-32-18)35(30,31)14-4-2-13(3-5-14)22(25,26)27;1-32(26,27)11-8-19-16-13-31-21-18(24)7-6-17(23)20(21)22(16,9-10-30-19)33(28,29)15-4-2-14(12-25)3-5-15/h3-8,17,20H,2,9-14H2,1H3;3-8,17,20H,2,9-14H2,1H3;2-7,15,18H,8-12H2,1H3;2-7,16,19H,8-11,13H2,1H3/t2*17-,20-,23-;15-,18-,21-;16-,19-,22-/m0000/s1. The molecule has 25 nitrogen and oxygen atoms in total. The number of sulfone groups is 8. The molecule has 8 aromatic rings. The Labute approximate surface area is 798 Å². The number of alkyl halides is 6. The average Bonchev–Trinajstić information content (AvgIpc) is 0.709. The van der Waals surface area contributed by atoms with Gasteiger partial charge in [-0.25, -0.2) is 102 Å². The van der Waals surface area contributed by atoms with Gasteiger partial charge in [-0.05, 0) is 210 Å². The molecule has 758 valence electrons. The van der Waals surface area contributed by atoms with Crippen molar-refractivity contribution in [3.63, 3.8) is 0 Å². The molecule has 16 rings (SSSR count). The smallest absolute Gasteiger partial charge is 0.416 e. The van der Waals surface area contributed by atoms with Crippen LogP contribution in [0.25, 0.3) is 0 Å². The predicted molar refractivity (Wildman–Crippen MR) is 476 cm³/mol. The molecular formula is C91H92ClF14NO24S8. The number of hydrogen-bond acceptors (Lipinski definition) is 25. The largest absolute Gasteiger partial charge is 0.490 e. The summed E-state index contributed by atoms with van der Waals surface area (Å²) >= 11 is 5.94. The van der Waals surface area contributed by atoms with Crippen molar-refractivity contribution in [2.75, 3.05) is 99.9 Å². The van der Waals surface area contributed by atoms with Crippen LogP contribution < -0.4 is 18.9 Å². The second kappa shape index (κ2) is 40.8. The van der Waals surface area contributed by atoms with Crippen LogP contribution in [0.3, 0.4) is 0 Å². The van der Waals surface area contributed by atoms with Crippen LogP contribution in [0.4, 0.5) is 61.5 Å². The van der Waals surface area contributed by atoms with Crippen LogP contribution in [0.5, 0.6) is 23.0 Å². The number of nitriles is 1. The first-order chi connectivity index (χ1) is 65.0. The summed E-state index contributed by atoms with van der Waals surface area (Å²) in [5.41, 5.74) is -3.82. The molecule has 12 atom stereocenters. The highest BCUT2D eigenvalue weighted by atomic mass is 35.5. The zero-order valence-corrected chi connectivity index (χ0v) is 81.4. The number of hydrogen-bond donors (Lipinski definition) is 0. The Balaban J connectivity index is 0.000000156. The molecule has 0 N–H and O–H groups in total. The van der Waals surface area contributed by atoms with E-state index in [2.05, 4.69) is 0 Å². The monoisotopic (exact) mass is 2140 g/mol. The molecule has 0 saturated carbocycles. The van der Waals surface area contributed by atoms with E-state index in [1.54, 1.807) is 13.8 Å². The molecule has 8 heterocycles. The molecule has 8 aliphatic rings. The van der Waals surface area contributed by atoms with Crippen molar-refractivity contribution in [1.82, 2.24) is 0 Å². The fraction of sp³-hybridized carbons (Fsp3) is 0.462. The second-order valence-electron chi connectivity index (χ2n) is 34.7. The molecule has 0 spiro atoms. The Bertz CT molecular complexity index is 7000. The van der Waals surface area contributed by atoms with Crippen LogP contribution in [0.15, 0.2) is 165 Å². The first-order valence-corrected chi connectivity index (χ1v) is 57.3. The van der Waals surface area contributed by atoms with Gasteiger partial charge in [0.15, 0.2) is 85.6 Å². The normalized spacial score (nSPS) is 24.6. The zero-order valence-electron chi connectivity index (χ0n) is 74.1. The van der Waals surface area contributed by atoms with Gasteiger partial charge in [-0.2, -0.15) is 31.6 Å². The number of benzene rings is 8. The number of ether oxygens (including phenoxy) is 8. The number of nitrogens with zero attached hydrogens (tertiary/aromatic N) is 1. The van der Waals surface area contributed by atoms with E-state index in [0.29, 0.717) is 42.1 Å². The molecule has 0 aromatic heterocycles. The third-order valence-corrected chi connectivity index (χ3v) is 42.5. The summed E-state index contributed by atoms with van der Waals surface area (Å²) in [6.07, 6.45) is -11.6. The van der Waals surface area contributed by atoms with E-state index in [4.69, 9.17) is 54.8 Å². The quantitative estimate of drug-likeness (QED) is 0.0507. The second-order valence-corrected chi connectivity index (χ2v) is 53.1. The zero-order chi connectivity index (χ0) is 102. The molecule has 0 aliphatic carbocycles. The van der Waals surface area contributed by atoms with Gasteiger partial charge in [-0.3, -0.25) is 0 Å². The summed E-state index contributed by atoms with van der Waals surface area (Å²) in [7, 11) is -31.8. The highest BCUT2D eigenvalue weighted by Gasteiger charge is 2.67. The van der Waals surface area contributed by atoms with Gasteiger partial charge in [0.05, 0.1) is 138 Å². The fourth-order valence-electron chi connectivity index (χ4n) is 19.9. The van der Waals surface area contributed by atoms with Crippen LogP contribution in [-0.4, -0.2) is 192 Å². The van der Waals surface area contributed by atoms with Crippen molar-refractivity contribution in [2.24, 2.45) is 23.7 Å². The maximum atomic E-state index is 15.3. The summed E-state index contributed by atoms with van der Waals surface area (Å²) in [5, 5.41) is 9.37. The number of halogens is 15. The van der Waals surface area contributed by atoms with Crippen molar-refractivity contribution >= 4 is 90.3 Å². The van der Waals surface area contributed by atoms with Crippen LogP contribution in [0.2, 0.25) is 5.02 Å². The lowest BCUT2D eigenvalue weighted by Crippen LogP contribution is -2.57. The third kappa shape index (κ3) is 20.8. The van der Waals surface area contributed by atoms with E-state index in [1.807, 2.05) is 6.07 Å². The lowest BCUT2D eigenvalue weighted by atomic mass is 9.75. The predicted octanol–water partition coefficient (Wildman–Crippen LogP) is 15.6. The van der Waals surface area contributed by atoms with Gasteiger partial charge in [0.1, 0.15) is 81.6 Å². The minimum absolute atomic E-state index is 0.00221. The third-order valence-electron chi connectivity index (χ3n) is 26.3. The van der Waals surface area contributed by atoms with E-state index < -0.39 is 278 Å². The summed E-state index contributed by atoms with van der Waals surface area (Å²) in [6, 6.07) is 24.7. The Morgan fingerprint density at radius 2 is 0.554 bits per heavy atom. The topological polar surface area (TPSA) is 371 Å². The minimum Gasteiger partial charge on any atom is -0.490 e. The Morgan fingerprint density at radius 3 is 0.777 bits per heavy atom. The number of rotatable bonds is 24. The summed E-state index contributed by atoms with van der Waals surface area (Å²) in [5.74, 6) is -15.3. The molecule has 4 saturated heterocycles. The molecule has 8 aliphatic heterocycles. The summed E-state index contributed by atoms with van der Waals surface area (Å²) in [6.45, 7) is 1.39. The van der Waals surface area contributed by atoms with Crippen LogP contribution in [0.1, 0.15) is 117 Å². The summed E-state index contributed by atoms with van der Waals surface area (Å²) in [4.78, 5) is -1.29. The molecule has 8 aromatic carbocycles. The molecule has 139 heavy (non-hydrogen) atoms.